The molecule has 5 rings (SSSR count). The zero-order valence-corrected chi connectivity index (χ0v) is 18.1. The summed E-state index contributed by atoms with van der Waals surface area (Å²) in [6, 6.07) is 12.6. The van der Waals surface area contributed by atoms with Crippen LogP contribution in [0.2, 0.25) is 0 Å². The van der Waals surface area contributed by atoms with Gasteiger partial charge < -0.3 is 24.4 Å². The number of hydrogen-bond acceptors (Lipinski definition) is 7. The number of rotatable bonds is 4. The van der Waals surface area contributed by atoms with Crippen molar-refractivity contribution in [3.63, 3.8) is 0 Å². The third-order valence-corrected chi connectivity index (χ3v) is 6.37. The number of ketones is 1. The quantitative estimate of drug-likeness (QED) is 0.619. The van der Waals surface area contributed by atoms with E-state index in [-0.39, 0.29) is 23.4 Å². The highest BCUT2D eigenvalue weighted by molar-refractivity contribution is 6.01. The maximum absolute atomic E-state index is 13.6. The maximum atomic E-state index is 13.6. The van der Waals surface area contributed by atoms with Gasteiger partial charge in [0.05, 0.1) is 31.4 Å². The number of carbonyl (C=O) groups excluding carboxylic acids is 1. The number of nitrogens with zero attached hydrogens (tertiary/aromatic N) is 1. The van der Waals surface area contributed by atoms with Crippen molar-refractivity contribution in [2.75, 3.05) is 19.5 Å². The molecule has 1 aromatic heterocycles. The van der Waals surface area contributed by atoms with Gasteiger partial charge in [0.1, 0.15) is 17.2 Å². The zero-order valence-electron chi connectivity index (χ0n) is 18.1. The fourth-order valence-electron chi connectivity index (χ4n) is 4.83. The molecule has 7 nitrogen and oxygen atoms in total. The number of phenols is 1. The molecule has 0 amide bonds. The van der Waals surface area contributed by atoms with E-state index in [1.165, 1.54) is 0 Å². The standard InChI is InChI=1S/C25H24N2O5/c1-13-22-23(18-12-17(30-2)8-9-21(18)31-3)24-19(26-25(22)32-27-13)10-15(11-20(24)29)14-4-6-16(28)7-5-14/h4-9,12,15,23,26,28H,10-11H2,1-3H3/t15-,23-/m1/s1. The van der Waals surface area contributed by atoms with Crippen LogP contribution in [-0.4, -0.2) is 30.3 Å². The molecule has 164 valence electrons. The number of phenolic OH excluding ortho intramolecular Hbond substituents is 1. The number of carbonyl (C=O) groups is 1. The molecule has 0 bridgehead atoms. The molecule has 0 radical (unpaired) electrons. The number of fused-ring (bicyclic) bond motifs is 1. The minimum absolute atomic E-state index is 0.00720. The summed E-state index contributed by atoms with van der Waals surface area (Å²) in [6.45, 7) is 1.88. The molecular formula is C25H24N2O5. The fourth-order valence-corrected chi connectivity index (χ4v) is 4.83. The lowest BCUT2D eigenvalue weighted by atomic mass is 9.72. The van der Waals surface area contributed by atoms with Gasteiger partial charge in [0.2, 0.25) is 5.88 Å². The van der Waals surface area contributed by atoms with Crippen LogP contribution in [0.5, 0.6) is 17.2 Å². The molecule has 2 N–H and O–H groups in total. The first-order chi connectivity index (χ1) is 15.5. The summed E-state index contributed by atoms with van der Waals surface area (Å²) in [7, 11) is 3.23. The van der Waals surface area contributed by atoms with E-state index in [2.05, 4.69) is 10.5 Å². The summed E-state index contributed by atoms with van der Waals surface area (Å²) >= 11 is 0. The Labute approximate surface area is 185 Å². The summed E-state index contributed by atoms with van der Waals surface area (Å²) in [4.78, 5) is 13.6. The Bertz CT molecular complexity index is 1230. The van der Waals surface area contributed by atoms with Crippen molar-refractivity contribution in [1.82, 2.24) is 5.16 Å². The van der Waals surface area contributed by atoms with Gasteiger partial charge in [-0.15, -0.1) is 0 Å². The number of aryl methyl sites for hydroxylation is 1. The predicted molar refractivity (Wildman–Crippen MR) is 118 cm³/mol. The van der Waals surface area contributed by atoms with Crippen LogP contribution in [0.25, 0.3) is 0 Å². The number of anilines is 1. The second-order valence-electron chi connectivity index (χ2n) is 8.19. The van der Waals surface area contributed by atoms with Crippen molar-refractivity contribution in [2.45, 2.75) is 31.6 Å². The number of ether oxygens (including phenoxy) is 2. The van der Waals surface area contributed by atoms with Crippen LogP contribution < -0.4 is 14.8 Å². The summed E-state index contributed by atoms with van der Waals surface area (Å²) in [5.41, 5.74) is 4.96. The van der Waals surface area contributed by atoms with Crippen LogP contribution in [0.4, 0.5) is 5.88 Å². The highest BCUT2D eigenvalue weighted by Gasteiger charge is 2.42. The van der Waals surface area contributed by atoms with E-state index in [0.717, 1.165) is 28.1 Å². The van der Waals surface area contributed by atoms with Gasteiger partial charge in [0.25, 0.3) is 0 Å². The molecule has 32 heavy (non-hydrogen) atoms. The molecule has 0 unspecified atom stereocenters. The SMILES string of the molecule is COc1ccc(OC)c([C@H]2C3=C(C[C@@H](c4ccc(O)cc4)CC3=O)Nc3onc(C)c32)c1. The predicted octanol–water partition coefficient (Wildman–Crippen LogP) is 4.66. The smallest absolute Gasteiger partial charge is 0.233 e. The van der Waals surface area contributed by atoms with Crippen molar-refractivity contribution >= 4 is 11.7 Å². The largest absolute Gasteiger partial charge is 0.508 e. The van der Waals surface area contributed by atoms with Gasteiger partial charge in [0, 0.05) is 23.3 Å². The van der Waals surface area contributed by atoms with E-state index in [1.54, 1.807) is 26.4 Å². The second-order valence-corrected chi connectivity index (χ2v) is 8.19. The Hall–Kier alpha value is -3.74. The van der Waals surface area contributed by atoms with E-state index < -0.39 is 0 Å². The number of methoxy groups -OCH3 is 2. The molecule has 2 atom stereocenters. The van der Waals surface area contributed by atoms with Crippen molar-refractivity contribution in [3.05, 3.63) is 76.1 Å². The summed E-state index contributed by atoms with van der Waals surface area (Å²) in [5.74, 6) is 1.82. The number of nitrogens with one attached hydrogen (secondary N) is 1. The molecule has 3 aromatic rings. The fraction of sp³-hybridized carbons (Fsp3) is 0.280. The van der Waals surface area contributed by atoms with Crippen molar-refractivity contribution in [3.8, 4) is 17.2 Å². The van der Waals surface area contributed by atoms with Gasteiger partial charge in [-0.2, -0.15) is 0 Å². The van der Waals surface area contributed by atoms with Crippen LogP contribution in [0.15, 0.2) is 58.3 Å². The summed E-state index contributed by atoms with van der Waals surface area (Å²) < 4.78 is 16.7. The number of hydrogen-bond donors (Lipinski definition) is 2. The molecule has 1 aliphatic carbocycles. The molecule has 0 spiro atoms. The second kappa shape index (κ2) is 7.75. The van der Waals surface area contributed by atoms with Crippen LogP contribution in [0, 0.1) is 6.92 Å². The van der Waals surface area contributed by atoms with E-state index in [0.29, 0.717) is 35.8 Å². The van der Waals surface area contributed by atoms with E-state index in [9.17, 15) is 9.90 Å². The van der Waals surface area contributed by atoms with Gasteiger partial charge in [-0.25, -0.2) is 0 Å². The van der Waals surface area contributed by atoms with Gasteiger partial charge in [0.15, 0.2) is 5.78 Å². The number of aromatic hydroxyl groups is 1. The third-order valence-electron chi connectivity index (χ3n) is 6.37. The van der Waals surface area contributed by atoms with Crippen molar-refractivity contribution in [1.29, 1.82) is 0 Å². The highest BCUT2D eigenvalue weighted by atomic mass is 16.5. The molecule has 0 saturated heterocycles. The van der Waals surface area contributed by atoms with Gasteiger partial charge in [-0.05, 0) is 55.2 Å². The highest BCUT2D eigenvalue weighted by Crippen LogP contribution is 2.51. The molecule has 2 heterocycles. The minimum Gasteiger partial charge on any atom is -0.508 e. The van der Waals surface area contributed by atoms with E-state index in [4.69, 9.17) is 14.0 Å². The Kier molecular flexibility index (Phi) is 4.89. The maximum Gasteiger partial charge on any atom is 0.233 e. The summed E-state index contributed by atoms with van der Waals surface area (Å²) in [6.07, 6.45) is 1.03. The first-order valence-corrected chi connectivity index (χ1v) is 10.5. The lowest BCUT2D eigenvalue weighted by Gasteiger charge is -2.35. The third kappa shape index (κ3) is 3.21. The van der Waals surface area contributed by atoms with Crippen LogP contribution >= 0.6 is 0 Å². The first kappa shape index (κ1) is 20.2. The topological polar surface area (TPSA) is 93.8 Å². The first-order valence-electron chi connectivity index (χ1n) is 10.5. The Morgan fingerprint density at radius 3 is 2.59 bits per heavy atom. The molecule has 7 heteroatoms. The number of Topliss-reactive ketones (excluding diaryl/α,β-unsaturated/α-hetero) is 1. The normalized spacial score (nSPS) is 19.8. The Balaban J connectivity index is 1.65. The molecule has 2 aliphatic rings. The molecular weight excluding hydrogens is 408 g/mol. The molecule has 0 saturated carbocycles. The van der Waals surface area contributed by atoms with Gasteiger partial charge in [-0.3, -0.25) is 4.79 Å². The Morgan fingerprint density at radius 1 is 1.09 bits per heavy atom. The van der Waals surface area contributed by atoms with Gasteiger partial charge >= 0.3 is 0 Å². The summed E-state index contributed by atoms with van der Waals surface area (Å²) in [5, 5.41) is 17.1. The van der Waals surface area contributed by atoms with E-state index >= 15 is 0 Å². The zero-order chi connectivity index (χ0) is 22.4. The average molecular weight is 432 g/mol. The number of benzene rings is 2. The minimum atomic E-state index is -0.370. The van der Waals surface area contributed by atoms with Crippen LogP contribution in [0.1, 0.15) is 47.1 Å². The Morgan fingerprint density at radius 2 is 1.88 bits per heavy atom. The van der Waals surface area contributed by atoms with Crippen LogP contribution in [-0.2, 0) is 4.79 Å². The average Bonchev–Trinajstić information content (AvgIpc) is 3.17. The number of allylic oxidation sites excluding steroid dienone is 2. The van der Waals surface area contributed by atoms with E-state index in [1.807, 2.05) is 37.3 Å². The van der Waals surface area contributed by atoms with Gasteiger partial charge in [-0.1, -0.05) is 17.3 Å². The van der Waals surface area contributed by atoms with Crippen molar-refractivity contribution < 1.29 is 23.9 Å². The lowest BCUT2D eigenvalue weighted by molar-refractivity contribution is -0.116. The molecule has 1 aliphatic heterocycles. The van der Waals surface area contributed by atoms with Crippen molar-refractivity contribution in [2.24, 2.45) is 0 Å². The molecule has 2 aromatic carbocycles. The molecule has 0 fully saturated rings. The van der Waals surface area contributed by atoms with Crippen LogP contribution in [0.3, 0.4) is 0 Å². The number of aromatic nitrogens is 1. The lowest BCUT2D eigenvalue weighted by Crippen LogP contribution is -2.29. The monoisotopic (exact) mass is 432 g/mol.